The fourth-order valence-corrected chi connectivity index (χ4v) is 1.57. The number of nitrogens with one attached hydrogen (secondary N) is 1. The molecule has 0 bridgehead atoms. The molecule has 3 nitrogen and oxygen atoms in total. The van der Waals surface area contributed by atoms with Crippen molar-refractivity contribution in [3.05, 3.63) is 29.3 Å². The van der Waals surface area contributed by atoms with Gasteiger partial charge >= 0.3 is 6.18 Å². The second-order valence-electron chi connectivity index (χ2n) is 3.50. The Morgan fingerprint density at radius 3 is 2.53 bits per heavy atom. The van der Waals surface area contributed by atoms with E-state index in [0.717, 1.165) is 13.2 Å². The monoisotopic (exact) mass is 249 g/mol. The molecule has 0 spiro atoms. The Labute approximate surface area is 97.2 Å². The second-order valence-corrected chi connectivity index (χ2v) is 3.50. The molecule has 1 atom stereocenters. The van der Waals surface area contributed by atoms with E-state index in [4.69, 9.17) is 4.74 Å². The molecule has 1 aromatic rings. The van der Waals surface area contributed by atoms with Crippen molar-refractivity contribution in [2.24, 2.45) is 0 Å². The number of para-hydroxylation sites is 1. The highest BCUT2D eigenvalue weighted by Gasteiger charge is 2.35. The van der Waals surface area contributed by atoms with Crippen LogP contribution < -0.4 is 10.1 Å². The van der Waals surface area contributed by atoms with Crippen LogP contribution in [0, 0.1) is 0 Å². The number of hydrogen-bond donors (Lipinski definition) is 2. The predicted octanol–water partition coefficient (Wildman–Crippen LogP) is 1.97. The van der Waals surface area contributed by atoms with Gasteiger partial charge in [0.2, 0.25) is 0 Å². The number of benzene rings is 1. The number of halogens is 3. The van der Waals surface area contributed by atoms with Crippen molar-refractivity contribution in [2.75, 3.05) is 20.7 Å². The Morgan fingerprint density at radius 2 is 2.06 bits per heavy atom. The van der Waals surface area contributed by atoms with Crippen molar-refractivity contribution in [1.29, 1.82) is 0 Å². The lowest BCUT2D eigenvalue weighted by Crippen LogP contribution is -2.18. The maximum Gasteiger partial charge on any atom is 0.419 e. The molecule has 0 saturated carbocycles. The largest absolute Gasteiger partial charge is 0.496 e. The van der Waals surface area contributed by atoms with Gasteiger partial charge in [0.25, 0.3) is 0 Å². The van der Waals surface area contributed by atoms with E-state index in [-0.39, 0.29) is 17.9 Å². The fourth-order valence-electron chi connectivity index (χ4n) is 1.57. The molecule has 0 aliphatic rings. The van der Waals surface area contributed by atoms with Gasteiger partial charge in [0.1, 0.15) is 5.75 Å². The SMILES string of the molecule is CNCC(O)c1cccc(C(F)(F)F)c1OC. The molecule has 0 saturated heterocycles. The summed E-state index contributed by atoms with van der Waals surface area (Å²) in [4.78, 5) is 0. The van der Waals surface area contributed by atoms with E-state index in [1.54, 1.807) is 7.05 Å². The quantitative estimate of drug-likeness (QED) is 0.857. The van der Waals surface area contributed by atoms with Gasteiger partial charge in [-0.15, -0.1) is 0 Å². The number of alkyl halides is 3. The first kappa shape index (κ1) is 13.8. The van der Waals surface area contributed by atoms with Crippen molar-refractivity contribution in [3.8, 4) is 5.75 Å². The topological polar surface area (TPSA) is 41.5 Å². The minimum atomic E-state index is -4.50. The van der Waals surface area contributed by atoms with Gasteiger partial charge in [0.05, 0.1) is 18.8 Å². The van der Waals surface area contributed by atoms with E-state index in [0.29, 0.717) is 0 Å². The number of methoxy groups -OCH3 is 1. The summed E-state index contributed by atoms with van der Waals surface area (Å²) >= 11 is 0. The van der Waals surface area contributed by atoms with Crippen LogP contribution in [0.4, 0.5) is 13.2 Å². The van der Waals surface area contributed by atoms with Crippen molar-refractivity contribution < 1.29 is 23.0 Å². The highest BCUT2D eigenvalue weighted by atomic mass is 19.4. The molecule has 0 fully saturated rings. The smallest absolute Gasteiger partial charge is 0.419 e. The maximum atomic E-state index is 12.7. The number of hydrogen-bond acceptors (Lipinski definition) is 3. The summed E-state index contributed by atoms with van der Waals surface area (Å²) in [7, 11) is 2.75. The molecule has 1 rings (SSSR count). The third-order valence-electron chi connectivity index (χ3n) is 2.31. The van der Waals surface area contributed by atoms with Crippen LogP contribution in [0.25, 0.3) is 0 Å². The molecule has 96 valence electrons. The van der Waals surface area contributed by atoms with Crippen LogP contribution in [-0.2, 0) is 6.18 Å². The van der Waals surface area contributed by atoms with Crippen molar-refractivity contribution >= 4 is 0 Å². The molecule has 6 heteroatoms. The molecular formula is C11H14F3NO2. The highest BCUT2D eigenvalue weighted by Crippen LogP contribution is 2.39. The first-order valence-corrected chi connectivity index (χ1v) is 4.98. The summed E-state index contributed by atoms with van der Waals surface area (Å²) in [6.45, 7) is 0.150. The molecule has 1 unspecified atom stereocenters. The zero-order valence-corrected chi connectivity index (χ0v) is 9.51. The lowest BCUT2D eigenvalue weighted by molar-refractivity contribution is -0.138. The number of ether oxygens (including phenoxy) is 1. The molecule has 0 amide bonds. The van der Waals surface area contributed by atoms with E-state index in [9.17, 15) is 18.3 Å². The molecular weight excluding hydrogens is 235 g/mol. The van der Waals surface area contributed by atoms with Gasteiger partial charge in [-0.2, -0.15) is 13.2 Å². The second kappa shape index (κ2) is 5.37. The summed E-state index contributed by atoms with van der Waals surface area (Å²) in [6.07, 6.45) is -5.54. The van der Waals surface area contributed by atoms with Crippen LogP contribution in [0.3, 0.4) is 0 Å². The number of likely N-dealkylation sites (N-methyl/N-ethyl adjacent to an activating group) is 1. The Kier molecular flexibility index (Phi) is 4.36. The van der Waals surface area contributed by atoms with Gasteiger partial charge in [0, 0.05) is 12.1 Å². The van der Waals surface area contributed by atoms with Gasteiger partial charge in [-0.25, -0.2) is 0 Å². The molecule has 0 radical (unpaired) electrons. The lowest BCUT2D eigenvalue weighted by atomic mass is 10.0. The number of aliphatic hydroxyl groups is 1. The first-order valence-electron chi connectivity index (χ1n) is 4.98. The lowest BCUT2D eigenvalue weighted by Gasteiger charge is -2.18. The van der Waals surface area contributed by atoms with Crippen molar-refractivity contribution in [1.82, 2.24) is 5.32 Å². The average molecular weight is 249 g/mol. The summed E-state index contributed by atoms with van der Waals surface area (Å²) in [5.41, 5.74) is -0.760. The van der Waals surface area contributed by atoms with Crippen LogP contribution in [0.15, 0.2) is 18.2 Å². The fraction of sp³-hybridized carbons (Fsp3) is 0.455. The minimum Gasteiger partial charge on any atom is -0.496 e. The summed E-state index contributed by atoms with van der Waals surface area (Å²) < 4.78 is 42.8. The van der Waals surface area contributed by atoms with Gasteiger partial charge < -0.3 is 15.2 Å². The zero-order valence-electron chi connectivity index (χ0n) is 9.51. The van der Waals surface area contributed by atoms with Gasteiger partial charge in [0.15, 0.2) is 0 Å². The standard InChI is InChI=1S/C11H14F3NO2/c1-15-6-9(16)7-4-3-5-8(10(7)17-2)11(12,13)14/h3-5,9,15-16H,6H2,1-2H3. The minimum absolute atomic E-state index is 0.122. The predicted molar refractivity (Wildman–Crippen MR) is 56.9 cm³/mol. The van der Waals surface area contributed by atoms with Crippen LogP contribution in [0.2, 0.25) is 0 Å². The van der Waals surface area contributed by atoms with Crippen molar-refractivity contribution in [3.63, 3.8) is 0 Å². The molecule has 0 heterocycles. The zero-order chi connectivity index (χ0) is 13.1. The van der Waals surface area contributed by atoms with Crippen LogP contribution >= 0.6 is 0 Å². The summed E-state index contributed by atoms with van der Waals surface area (Å²) in [5, 5.41) is 12.4. The first-order chi connectivity index (χ1) is 7.91. The Morgan fingerprint density at radius 1 is 1.41 bits per heavy atom. The Bertz CT molecular complexity index is 379. The van der Waals surface area contributed by atoms with E-state index < -0.39 is 17.8 Å². The number of rotatable bonds is 4. The molecule has 17 heavy (non-hydrogen) atoms. The summed E-state index contributed by atoms with van der Waals surface area (Å²) in [6, 6.07) is 3.59. The highest BCUT2D eigenvalue weighted by molar-refractivity contribution is 5.44. The van der Waals surface area contributed by atoms with E-state index in [2.05, 4.69) is 5.32 Å². The third-order valence-corrected chi connectivity index (χ3v) is 2.31. The Hall–Kier alpha value is -1.27. The van der Waals surface area contributed by atoms with E-state index in [1.807, 2.05) is 0 Å². The molecule has 2 N–H and O–H groups in total. The average Bonchev–Trinajstić information content (AvgIpc) is 2.27. The van der Waals surface area contributed by atoms with E-state index in [1.165, 1.54) is 12.1 Å². The van der Waals surface area contributed by atoms with Gasteiger partial charge in [-0.05, 0) is 13.1 Å². The summed E-state index contributed by atoms with van der Waals surface area (Å²) in [5.74, 6) is -0.331. The van der Waals surface area contributed by atoms with Gasteiger partial charge in [-0.3, -0.25) is 0 Å². The Balaban J connectivity index is 3.23. The number of aliphatic hydroxyl groups excluding tert-OH is 1. The van der Waals surface area contributed by atoms with E-state index >= 15 is 0 Å². The van der Waals surface area contributed by atoms with Crippen LogP contribution in [-0.4, -0.2) is 25.8 Å². The molecule has 0 aliphatic carbocycles. The normalized spacial score (nSPS) is 13.5. The van der Waals surface area contributed by atoms with Crippen LogP contribution in [0.5, 0.6) is 5.75 Å². The maximum absolute atomic E-state index is 12.7. The van der Waals surface area contributed by atoms with Gasteiger partial charge in [-0.1, -0.05) is 12.1 Å². The molecule has 0 aliphatic heterocycles. The van der Waals surface area contributed by atoms with Crippen LogP contribution in [0.1, 0.15) is 17.2 Å². The van der Waals surface area contributed by atoms with Crippen molar-refractivity contribution in [2.45, 2.75) is 12.3 Å². The molecule has 1 aromatic carbocycles. The molecule has 0 aromatic heterocycles. The third kappa shape index (κ3) is 3.10.